The van der Waals surface area contributed by atoms with Crippen molar-refractivity contribution in [3.8, 4) is 11.6 Å². The van der Waals surface area contributed by atoms with Crippen LogP contribution in [0.25, 0.3) is 11.6 Å². The SMILES string of the molecule is OCCCCCc1nc(-c2ccc(Br)o2)no1. The highest BCUT2D eigenvalue weighted by atomic mass is 79.9. The summed E-state index contributed by atoms with van der Waals surface area (Å²) in [5, 5.41) is 12.5. The van der Waals surface area contributed by atoms with Gasteiger partial charge in [0.2, 0.25) is 11.7 Å². The largest absolute Gasteiger partial charge is 0.446 e. The van der Waals surface area contributed by atoms with E-state index in [1.54, 1.807) is 12.1 Å². The summed E-state index contributed by atoms with van der Waals surface area (Å²) in [6, 6.07) is 3.57. The Kier molecular flexibility index (Phi) is 4.33. The maximum atomic E-state index is 8.65. The highest BCUT2D eigenvalue weighted by Crippen LogP contribution is 2.22. The Morgan fingerprint density at radius 1 is 1.24 bits per heavy atom. The third kappa shape index (κ3) is 3.41. The smallest absolute Gasteiger partial charge is 0.238 e. The standard InChI is InChI=1S/C11H13BrN2O3/c12-9-6-5-8(16-9)11-13-10(17-14-11)4-2-1-3-7-15/h5-6,15H,1-4,7H2. The number of hydrogen-bond acceptors (Lipinski definition) is 5. The number of halogens is 1. The van der Waals surface area contributed by atoms with E-state index in [4.69, 9.17) is 14.0 Å². The molecule has 2 aromatic rings. The summed E-state index contributed by atoms with van der Waals surface area (Å²) >= 11 is 3.22. The second-order valence-corrected chi connectivity index (χ2v) is 4.43. The predicted molar refractivity (Wildman–Crippen MR) is 64.3 cm³/mol. The molecule has 2 aromatic heterocycles. The van der Waals surface area contributed by atoms with E-state index in [0.29, 0.717) is 22.1 Å². The second kappa shape index (κ2) is 5.97. The first-order valence-electron chi connectivity index (χ1n) is 5.49. The van der Waals surface area contributed by atoms with Crippen LogP contribution in [0.4, 0.5) is 0 Å². The molecule has 0 radical (unpaired) electrons. The maximum Gasteiger partial charge on any atom is 0.238 e. The lowest BCUT2D eigenvalue weighted by Gasteiger charge is -1.93. The molecule has 0 saturated heterocycles. The van der Waals surface area contributed by atoms with Crippen LogP contribution in [0.2, 0.25) is 0 Å². The molecule has 6 heteroatoms. The van der Waals surface area contributed by atoms with Gasteiger partial charge in [-0.05, 0) is 40.9 Å². The van der Waals surface area contributed by atoms with Crippen LogP contribution < -0.4 is 0 Å². The summed E-state index contributed by atoms with van der Waals surface area (Å²) in [7, 11) is 0. The minimum absolute atomic E-state index is 0.232. The Labute approximate surface area is 107 Å². The van der Waals surface area contributed by atoms with Gasteiger partial charge in [0.25, 0.3) is 0 Å². The van der Waals surface area contributed by atoms with Crippen molar-refractivity contribution < 1.29 is 14.0 Å². The molecule has 1 N–H and O–H groups in total. The van der Waals surface area contributed by atoms with Gasteiger partial charge in [0.15, 0.2) is 10.4 Å². The summed E-state index contributed by atoms with van der Waals surface area (Å²) in [6.07, 6.45) is 3.44. The van der Waals surface area contributed by atoms with E-state index in [0.717, 1.165) is 25.7 Å². The summed E-state index contributed by atoms with van der Waals surface area (Å²) in [5.41, 5.74) is 0. The van der Waals surface area contributed by atoms with Gasteiger partial charge in [0, 0.05) is 13.0 Å². The van der Waals surface area contributed by atoms with E-state index >= 15 is 0 Å². The van der Waals surface area contributed by atoms with Gasteiger partial charge >= 0.3 is 0 Å². The molecular formula is C11H13BrN2O3. The summed E-state index contributed by atoms with van der Waals surface area (Å²) in [6.45, 7) is 0.232. The number of unbranched alkanes of at least 4 members (excludes halogenated alkanes) is 2. The van der Waals surface area contributed by atoms with Gasteiger partial charge in [0.05, 0.1) is 0 Å². The Morgan fingerprint density at radius 2 is 2.12 bits per heavy atom. The highest BCUT2D eigenvalue weighted by molar-refractivity contribution is 9.10. The van der Waals surface area contributed by atoms with Gasteiger partial charge in [-0.1, -0.05) is 11.6 Å². The fourth-order valence-corrected chi connectivity index (χ4v) is 1.76. The normalized spacial score (nSPS) is 10.9. The lowest BCUT2D eigenvalue weighted by molar-refractivity contribution is 0.281. The lowest BCUT2D eigenvalue weighted by atomic mass is 10.2. The van der Waals surface area contributed by atoms with Crippen molar-refractivity contribution in [3.05, 3.63) is 22.7 Å². The molecule has 0 fully saturated rings. The van der Waals surface area contributed by atoms with Gasteiger partial charge in [-0.25, -0.2) is 0 Å². The average Bonchev–Trinajstić information content (AvgIpc) is 2.93. The van der Waals surface area contributed by atoms with Crippen molar-refractivity contribution in [2.75, 3.05) is 6.61 Å². The Morgan fingerprint density at radius 3 is 2.82 bits per heavy atom. The van der Waals surface area contributed by atoms with Crippen molar-refractivity contribution in [2.45, 2.75) is 25.7 Å². The molecule has 2 heterocycles. The molecule has 0 aromatic carbocycles. The van der Waals surface area contributed by atoms with Crippen molar-refractivity contribution in [1.29, 1.82) is 0 Å². The van der Waals surface area contributed by atoms with E-state index in [2.05, 4.69) is 26.1 Å². The molecule has 0 unspecified atom stereocenters. The Hall–Kier alpha value is -1.14. The summed E-state index contributed by atoms with van der Waals surface area (Å²) < 4.78 is 11.1. The van der Waals surface area contributed by atoms with Crippen LogP contribution in [0.15, 0.2) is 25.7 Å². The highest BCUT2D eigenvalue weighted by Gasteiger charge is 2.11. The molecule has 2 rings (SSSR count). The van der Waals surface area contributed by atoms with Crippen LogP contribution in [-0.2, 0) is 6.42 Å². The third-order valence-electron chi connectivity index (χ3n) is 2.31. The number of aromatic nitrogens is 2. The lowest BCUT2D eigenvalue weighted by Crippen LogP contribution is -1.88. The molecule has 92 valence electrons. The van der Waals surface area contributed by atoms with Crippen molar-refractivity contribution in [2.24, 2.45) is 0 Å². The number of nitrogens with zero attached hydrogens (tertiary/aromatic N) is 2. The molecule has 0 bridgehead atoms. The number of hydrogen-bond donors (Lipinski definition) is 1. The van der Waals surface area contributed by atoms with Crippen LogP contribution in [0.1, 0.15) is 25.2 Å². The van der Waals surface area contributed by atoms with E-state index in [9.17, 15) is 0 Å². The van der Waals surface area contributed by atoms with Crippen LogP contribution in [-0.4, -0.2) is 21.9 Å². The fourth-order valence-electron chi connectivity index (χ4n) is 1.46. The number of aliphatic hydroxyl groups excluding tert-OH is 1. The van der Waals surface area contributed by atoms with Gasteiger partial charge in [-0.15, -0.1) is 0 Å². The average molecular weight is 301 g/mol. The molecule has 0 saturated carbocycles. The molecular weight excluding hydrogens is 288 g/mol. The van der Waals surface area contributed by atoms with Gasteiger partial charge in [-0.2, -0.15) is 4.98 Å². The zero-order valence-corrected chi connectivity index (χ0v) is 10.8. The predicted octanol–water partition coefficient (Wildman–Crippen LogP) is 2.80. The topological polar surface area (TPSA) is 72.3 Å². The van der Waals surface area contributed by atoms with Crippen LogP contribution >= 0.6 is 15.9 Å². The molecule has 0 spiro atoms. The molecule has 17 heavy (non-hydrogen) atoms. The molecule has 5 nitrogen and oxygen atoms in total. The van der Waals surface area contributed by atoms with E-state index in [1.807, 2.05) is 0 Å². The Balaban J connectivity index is 1.92. The van der Waals surface area contributed by atoms with E-state index in [-0.39, 0.29) is 6.61 Å². The molecule has 0 aliphatic rings. The van der Waals surface area contributed by atoms with Crippen LogP contribution in [0.3, 0.4) is 0 Å². The first-order chi connectivity index (χ1) is 8.29. The summed E-state index contributed by atoms with van der Waals surface area (Å²) in [4.78, 5) is 4.24. The number of rotatable bonds is 6. The second-order valence-electron chi connectivity index (χ2n) is 3.65. The molecule has 0 aliphatic carbocycles. The summed E-state index contributed by atoms with van der Waals surface area (Å²) in [5.74, 6) is 1.65. The number of furan rings is 1. The van der Waals surface area contributed by atoms with Crippen molar-refractivity contribution >= 4 is 15.9 Å². The number of aryl methyl sites for hydroxylation is 1. The van der Waals surface area contributed by atoms with Crippen LogP contribution in [0, 0.1) is 0 Å². The van der Waals surface area contributed by atoms with Crippen molar-refractivity contribution in [3.63, 3.8) is 0 Å². The van der Waals surface area contributed by atoms with E-state index in [1.165, 1.54) is 0 Å². The van der Waals surface area contributed by atoms with Gasteiger partial charge in [-0.3, -0.25) is 0 Å². The van der Waals surface area contributed by atoms with Crippen molar-refractivity contribution in [1.82, 2.24) is 10.1 Å². The maximum absolute atomic E-state index is 8.65. The molecule has 0 amide bonds. The minimum atomic E-state index is 0.232. The minimum Gasteiger partial charge on any atom is -0.446 e. The fraction of sp³-hybridized carbons (Fsp3) is 0.455. The van der Waals surface area contributed by atoms with Crippen LogP contribution in [0.5, 0.6) is 0 Å². The van der Waals surface area contributed by atoms with Gasteiger partial charge < -0.3 is 14.0 Å². The number of aliphatic hydroxyl groups is 1. The first-order valence-corrected chi connectivity index (χ1v) is 6.28. The monoisotopic (exact) mass is 300 g/mol. The Bertz CT molecular complexity index is 467. The molecule has 0 aliphatic heterocycles. The van der Waals surface area contributed by atoms with E-state index < -0.39 is 0 Å². The first kappa shape index (κ1) is 12.3. The zero-order valence-electron chi connectivity index (χ0n) is 9.23. The zero-order chi connectivity index (χ0) is 12.1. The third-order valence-corrected chi connectivity index (χ3v) is 2.74. The van der Waals surface area contributed by atoms with Gasteiger partial charge in [0.1, 0.15) is 0 Å². The quantitative estimate of drug-likeness (QED) is 0.831. The molecule has 0 atom stereocenters.